The number of aliphatic hydroxyl groups is 1. The summed E-state index contributed by atoms with van der Waals surface area (Å²) in [5, 5.41) is 10.5. The Morgan fingerprint density at radius 2 is 1.44 bits per heavy atom. The maximum atomic E-state index is 13.8. The molecule has 0 radical (unpaired) electrons. The molecule has 0 spiro atoms. The third kappa shape index (κ3) is 5.54. The van der Waals surface area contributed by atoms with Crippen LogP contribution in [0.15, 0.2) is 79.0 Å². The monoisotopic (exact) mass is 506 g/mol. The Hall–Kier alpha value is -3.79. The highest BCUT2D eigenvalue weighted by Gasteiger charge is 2.35. The van der Waals surface area contributed by atoms with Gasteiger partial charge in [-0.1, -0.05) is 42.5 Å². The molecule has 0 saturated heterocycles. The number of hydrogen-bond donors (Lipinski definition) is 1. The van der Waals surface area contributed by atoms with E-state index in [1.807, 2.05) is 0 Å². The van der Waals surface area contributed by atoms with E-state index in [2.05, 4.69) is 9.72 Å². The van der Waals surface area contributed by atoms with Gasteiger partial charge in [-0.3, -0.25) is 4.57 Å². The van der Waals surface area contributed by atoms with Crippen molar-refractivity contribution in [2.75, 3.05) is 0 Å². The van der Waals surface area contributed by atoms with Gasteiger partial charge >= 0.3 is 12.5 Å². The number of halogens is 6. The van der Waals surface area contributed by atoms with Crippen LogP contribution in [0.5, 0.6) is 5.75 Å². The van der Waals surface area contributed by atoms with Crippen molar-refractivity contribution in [3.8, 4) is 34.0 Å². The number of ether oxygens (including phenoxy) is 1. The normalized spacial score (nSPS) is 12.6. The van der Waals surface area contributed by atoms with Gasteiger partial charge in [0.2, 0.25) is 0 Å². The van der Waals surface area contributed by atoms with Gasteiger partial charge in [0.15, 0.2) is 0 Å². The lowest BCUT2D eigenvalue weighted by molar-refractivity contribution is -0.274. The van der Waals surface area contributed by atoms with E-state index >= 15 is 0 Å². The van der Waals surface area contributed by atoms with Crippen LogP contribution in [0, 0.1) is 0 Å². The first-order valence-corrected chi connectivity index (χ1v) is 10.7. The summed E-state index contributed by atoms with van der Waals surface area (Å²) >= 11 is 0. The molecular formula is C26H20F6N2O2. The van der Waals surface area contributed by atoms with Crippen LogP contribution < -0.4 is 4.74 Å². The third-order valence-corrected chi connectivity index (χ3v) is 5.33. The topological polar surface area (TPSA) is 47.3 Å². The Balaban J connectivity index is 1.86. The average Bonchev–Trinajstić information content (AvgIpc) is 3.24. The molecule has 0 unspecified atom stereocenters. The number of imidazole rings is 1. The summed E-state index contributed by atoms with van der Waals surface area (Å²) in [7, 11) is 0. The molecule has 3 aromatic carbocycles. The zero-order chi connectivity index (χ0) is 26.3. The van der Waals surface area contributed by atoms with E-state index in [-0.39, 0.29) is 17.1 Å². The summed E-state index contributed by atoms with van der Waals surface area (Å²) in [6.07, 6.45) is -8.07. The van der Waals surface area contributed by atoms with E-state index in [4.69, 9.17) is 0 Å². The molecule has 0 atom stereocenters. The van der Waals surface area contributed by atoms with Gasteiger partial charge in [0.1, 0.15) is 17.2 Å². The predicted molar refractivity (Wildman–Crippen MR) is 121 cm³/mol. The Morgan fingerprint density at radius 1 is 0.806 bits per heavy atom. The second kappa shape index (κ2) is 9.02. The second-order valence-corrected chi connectivity index (χ2v) is 8.55. The number of alkyl halides is 6. The van der Waals surface area contributed by atoms with E-state index in [0.717, 1.165) is 6.07 Å². The quantitative estimate of drug-likeness (QED) is 0.288. The molecule has 0 bridgehead atoms. The minimum Gasteiger partial charge on any atom is -0.406 e. The van der Waals surface area contributed by atoms with E-state index in [1.165, 1.54) is 61.0 Å². The summed E-state index contributed by atoms with van der Waals surface area (Å²) < 4.78 is 84.7. The number of benzene rings is 3. The number of rotatable bonds is 5. The molecule has 0 fully saturated rings. The third-order valence-electron chi connectivity index (χ3n) is 5.33. The Kier molecular flexibility index (Phi) is 6.34. The van der Waals surface area contributed by atoms with Gasteiger partial charge in [0.05, 0.1) is 11.3 Å². The van der Waals surface area contributed by atoms with Gasteiger partial charge in [0, 0.05) is 17.4 Å². The van der Waals surface area contributed by atoms with Crippen LogP contribution >= 0.6 is 0 Å². The van der Waals surface area contributed by atoms with Crippen molar-refractivity contribution in [2.24, 2.45) is 0 Å². The minimum atomic E-state index is -4.86. The first-order chi connectivity index (χ1) is 16.7. The summed E-state index contributed by atoms with van der Waals surface area (Å²) in [6, 6.07) is 16.8. The van der Waals surface area contributed by atoms with Crippen LogP contribution in [0.4, 0.5) is 26.3 Å². The van der Waals surface area contributed by atoms with Gasteiger partial charge in [-0.05, 0) is 55.3 Å². The summed E-state index contributed by atoms with van der Waals surface area (Å²) in [5.41, 5.74) is -1.11. The summed E-state index contributed by atoms with van der Waals surface area (Å²) in [5.74, 6) is -0.455. The summed E-state index contributed by atoms with van der Waals surface area (Å²) in [4.78, 5) is 4.33. The second-order valence-electron chi connectivity index (χ2n) is 8.55. The lowest BCUT2D eigenvalue weighted by Crippen LogP contribution is -2.17. The van der Waals surface area contributed by atoms with Gasteiger partial charge in [-0.25, -0.2) is 4.98 Å². The number of nitrogens with zero attached hydrogens (tertiary/aromatic N) is 2. The van der Waals surface area contributed by atoms with E-state index in [9.17, 15) is 31.4 Å². The average molecular weight is 506 g/mol. The largest absolute Gasteiger partial charge is 0.573 e. The standard InChI is InChI=1S/C26H20F6N2O2/c1-24(2,35)22-15-34(23(33-22)20-11-3-4-12-21(20)25(27,28)29)18-9-5-7-16(13-18)17-8-6-10-19(14-17)36-26(30,31)32/h3-15,35H,1-2H3. The Bertz CT molecular complexity index is 1380. The molecule has 36 heavy (non-hydrogen) atoms. The molecule has 0 aliphatic heterocycles. The maximum absolute atomic E-state index is 13.8. The summed E-state index contributed by atoms with van der Waals surface area (Å²) in [6.45, 7) is 2.92. The smallest absolute Gasteiger partial charge is 0.406 e. The van der Waals surface area contributed by atoms with Gasteiger partial charge in [0.25, 0.3) is 0 Å². The Labute approximate surface area is 202 Å². The molecule has 0 aliphatic carbocycles. The fraction of sp³-hybridized carbons (Fsp3) is 0.192. The van der Waals surface area contributed by atoms with Crippen LogP contribution in [0.3, 0.4) is 0 Å². The highest BCUT2D eigenvalue weighted by atomic mass is 19.4. The molecule has 4 rings (SSSR count). The van der Waals surface area contributed by atoms with Crippen molar-refractivity contribution < 1.29 is 36.2 Å². The van der Waals surface area contributed by atoms with E-state index < -0.39 is 29.5 Å². The zero-order valence-corrected chi connectivity index (χ0v) is 19.0. The van der Waals surface area contributed by atoms with Gasteiger partial charge in [-0.2, -0.15) is 13.2 Å². The first kappa shape index (κ1) is 25.3. The van der Waals surface area contributed by atoms with Crippen LogP contribution in [-0.4, -0.2) is 21.0 Å². The molecule has 10 heteroatoms. The van der Waals surface area contributed by atoms with E-state index in [1.54, 1.807) is 30.3 Å². The molecule has 0 saturated carbocycles. The van der Waals surface area contributed by atoms with Gasteiger partial charge in [-0.15, -0.1) is 13.2 Å². The van der Waals surface area contributed by atoms with Crippen LogP contribution in [-0.2, 0) is 11.8 Å². The van der Waals surface area contributed by atoms with Crippen molar-refractivity contribution in [3.05, 3.63) is 90.3 Å². The van der Waals surface area contributed by atoms with Crippen LogP contribution in [0.2, 0.25) is 0 Å². The molecule has 1 aromatic heterocycles. The van der Waals surface area contributed by atoms with Crippen molar-refractivity contribution in [1.82, 2.24) is 9.55 Å². The molecular weight excluding hydrogens is 486 g/mol. The van der Waals surface area contributed by atoms with Crippen molar-refractivity contribution in [3.63, 3.8) is 0 Å². The fourth-order valence-corrected chi connectivity index (χ4v) is 3.70. The molecule has 0 amide bonds. The van der Waals surface area contributed by atoms with Crippen molar-refractivity contribution in [2.45, 2.75) is 32.0 Å². The molecule has 0 aliphatic rings. The van der Waals surface area contributed by atoms with Gasteiger partial charge < -0.3 is 9.84 Å². The predicted octanol–water partition coefficient (Wildman–Crippen LogP) is 7.35. The first-order valence-electron chi connectivity index (χ1n) is 10.7. The zero-order valence-electron chi connectivity index (χ0n) is 19.0. The SMILES string of the molecule is CC(C)(O)c1cn(-c2cccc(-c3cccc(OC(F)(F)F)c3)c2)c(-c2ccccc2C(F)(F)F)n1. The molecule has 1 N–H and O–H groups in total. The minimum absolute atomic E-state index is 0.0497. The highest BCUT2D eigenvalue weighted by molar-refractivity contribution is 5.70. The lowest BCUT2D eigenvalue weighted by atomic mass is 10.0. The van der Waals surface area contributed by atoms with Crippen LogP contribution in [0.25, 0.3) is 28.2 Å². The van der Waals surface area contributed by atoms with Crippen molar-refractivity contribution in [1.29, 1.82) is 0 Å². The molecule has 4 aromatic rings. The Morgan fingerprint density at radius 3 is 2.08 bits per heavy atom. The highest BCUT2D eigenvalue weighted by Crippen LogP contribution is 2.38. The van der Waals surface area contributed by atoms with Crippen LogP contribution in [0.1, 0.15) is 25.1 Å². The molecule has 188 valence electrons. The maximum Gasteiger partial charge on any atom is 0.573 e. The number of aromatic nitrogens is 2. The van der Waals surface area contributed by atoms with E-state index in [0.29, 0.717) is 16.8 Å². The number of hydrogen-bond acceptors (Lipinski definition) is 3. The molecule has 1 heterocycles. The fourth-order valence-electron chi connectivity index (χ4n) is 3.70. The lowest BCUT2D eigenvalue weighted by Gasteiger charge is -2.15. The molecule has 4 nitrogen and oxygen atoms in total. The van der Waals surface area contributed by atoms with Crippen molar-refractivity contribution >= 4 is 0 Å².